The Morgan fingerprint density at radius 2 is 1.83 bits per heavy atom. The predicted molar refractivity (Wildman–Crippen MR) is 101 cm³/mol. The van der Waals surface area contributed by atoms with E-state index in [1.165, 1.54) is 15.6 Å². The molecule has 24 heavy (non-hydrogen) atoms. The van der Waals surface area contributed by atoms with Crippen molar-refractivity contribution in [2.75, 3.05) is 0 Å². The number of phenols is 1. The van der Waals surface area contributed by atoms with E-state index < -0.39 is 0 Å². The van der Waals surface area contributed by atoms with E-state index in [0.717, 1.165) is 26.7 Å². The number of aromatic nitrogens is 2. The van der Waals surface area contributed by atoms with Crippen molar-refractivity contribution in [2.24, 2.45) is 0 Å². The monoisotopic (exact) mass is 330 g/mol. The third kappa shape index (κ3) is 1.93. The Morgan fingerprint density at radius 3 is 2.75 bits per heavy atom. The van der Waals surface area contributed by atoms with E-state index in [9.17, 15) is 5.11 Å². The number of nitrogens with one attached hydrogen (secondary N) is 1. The highest BCUT2D eigenvalue weighted by atomic mass is 32.1. The van der Waals surface area contributed by atoms with Crippen LogP contribution in [0.15, 0.2) is 54.6 Å². The predicted octanol–water partition coefficient (Wildman–Crippen LogP) is 5.61. The number of thiophene rings is 1. The van der Waals surface area contributed by atoms with Crippen LogP contribution in [0.3, 0.4) is 0 Å². The van der Waals surface area contributed by atoms with Crippen molar-refractivity contribution in [3.05, 3.63) is 60.2 Å². The first-order chi connectivity index (χ1) is 11.7. The average molecular weight is 330 g/mol. The normalized spacial score (nSPS) is 11.7. The Morgan fingerprint density at radius 1 is 0.958 bits per heavy atom. The molecule has 0 fully saturated rings. The summed E-state index contributed by atoms with van der Waals surface area (Å²) in [5.41, 5.74) is 3.82. The molecule has 0 radical (unpaired) electrons. The largest absolute Gasteiger partial charge is 0.507 e. The van der Waals surface area contributed by atoms with Crippen molar-refractivity contribution in [3.63, 3.8) is 0 Å². The molecule has 4 heteroatoms. The van der Waals surface area contributed by atoms with Gasteiger partial charge in [-0.3, -0.25) is 0 Å². The minimum absolute atomic E-state index is 0.252. The van der Waals surface area contributed by atoms with Crippen LogP contribution in [-0.4, -0.2) is 15.1 Å². The Bertz CT molecular complexity index is 1230. The Balaban J connectivity index is 1.78. The van der Waals surface area contributed by atoms with Gasteiger partial charge >= 0.3 is 0 Å². The Labute approximate surface area is 142 Å². The SMILES string of the molecule is Cc1ccc2nc(-c3cc4sc5ccccc5c4cc3O)[nH]c2c1. The molecule has 3 aromatic carbocycles. The van der Waals surface area contributed by atoms with Gasteiger partial charge in [-0.15, -0.1) is 11.3 Å². The summed E-state index contributed by atoms with van der Waals surface area (Å²) in [7, 11) is 0. The van der Waals surface area contributed by atoms with E-state index in [0.29, 0.717) is 5.82 Å². The van der Waals surface area contributed by atoms with Crippen LogP contribution in [0.2, 0.25) is 0 Å². The summed E-state index contributed by atoms with van der Waals surface area (Å²) >= 11 is 1.74. The minimum Gasteiger partial charge on any atom is -0.507 e. The Hall–Kier alpha value is -2.85. The summed E-state index contributed by atoms with van der Waals surface area (Å²) < 4.78 is 2.38. The van der Waals surface area contributed by atoms with Gasteiger partial charge in [0.05, 0.1) is 16.6 Å². The highest BCUT2D eigenvalue weighted by Gasteiger charge is 2.14. The van der Waals surface area contributed by atoms with Crippen LogP contribution in [0.4, 0.5) is 0 Å². The van der Waals surface area contributed by atoms with Crippen molar-refractivity contribution in [2.45, 2.75) is 6.92 Å². The number of hydrogen-bond donors (Lipinski definition) is 2. The lowest BCUT2D eigenvalue weighted by Crippen LogP contribution is -1.81. The maximum absolute atomic E-state index is 10.6. The molecule has 2 aromatic heterocycles. The minimum atomic E-state index is 0.252. The van der Waals surface area contributed by atoms with Gasteiger partial charge in [-0.25, -0.2) is 4.98 Å². The quantitative estimate of drug-likeness (QED) is 0.419. The number of fused-ring (bicyclic) bond motifs is 4. The van der Waals surface area contributed by atoms with E-state index in [1.807, 2.05) is 36.4 Å². The van der Waals surface area contributed by atoms with Gasteiger partial charge in [0.15, 0.2) is 0 Å². The summed E-state index contributed by atoms with van der Waals surface area (Å²) in [6, 6.07) is 18.3. The van der Waals surface area contributed by atoms with Crippen LogP contribution in [0, 0.1) is 6.92 Å². The van der Waals surface area contributed by atoms with Crippen molar-refractivity contribution < 1.29 is 5.11 Å². The standard InChI is InChI=1S/C20H14N2OS/c1-11-6-7-15-16(8-11)22-20(21-15)14-10-19-13(9-17(14)23)12-4-2-3-5-18(12)24-19/h2-10,23H,1H3,(H,21,22). The molecular formula is C20H14N2OS. The van der Waals surface area contributed by atoms with Gasteiger partial charge < -0.3 is 10.1 Å². The molecule has 0 atom stereocenters. The van der Waals surface area contributed by atoms with Crippen LogP contribution < -0.4 is 0 Å². The van der Waals surface area contributed by atoms with Crippen molar-refractivity contribution >= 4 is 42.5 Å². The second-order valence-electron chi connectivity index (χ2n) is 6.07. The van der Waals surface area contributed by atoms with Gasteiger partial charge in [0, 0.05) is 20.2 Å². The molecule has 0 bridgehead atoms. The first kappa shape index (κ1) is 13.6. The molecule has 116 valence electrons. The summed E-state index contributed by atoms with van der Waals surface area (Å²) in [4.78, 5) is 7.96. The lowest BCUT2D eigenvalue weighted by Gasteiger charge is -2.02. The van der Waals surface area contributed by atoms with Crippen LogP contribution >= 0.6 is 11.3 Å². The molecule has 0 amide bonds. The molecular weight excluding hydrogens is 316 g/mol. The number of H-pyrrole nitrogens is 1. The second-order valence-corrected chi connectivity index (χ2v) is 7.15. The highest BCUT2D eigenvalue weighted by Crippen LogP contribution is 2.40. The molecule has 0 aliphatic heterocycles. The van der Waals surface area contributed by atoms with Gasteiger partial charge in [0.25, 0.3) is 0 Å². The second kappa shape index (κ2) is 4.82. The fourth-order valence-corrected chi connectivity index (χ4v) is 4.33. The zero-order chi connectivity index (χ0) is 16.3. The third-order valence-corrected chi connectivity index (χ3v) is 5.52. The average Bonchev–Trinajstić information content (AvgIpc) is 3.14. The van der Waals surface area contributed by atoms with Crippen LogP contribution in [-0.2, 0) is 0 Å². The first-order valence-corrected chi connectivity index (χ1v) is 8.62. The molecule has 5 rings (SSSR count). The van der Waals surface area contributed by atoms with Gasteiger partial charge in [-0.05, 0) is 42.8 Å². The number of rotatable bonds is 1. The lowest BCUT2D eigenvalue weighted by atomic mass is 10.1. The van der Waals surface area contributed by atoms with Gasteiger partial charge in [-0.1, -0.05) is 24.3 Å². The zero-order valence-electron chi connectivity index (χ0n) is 13.0. The maximum atomic E-state index is 10.6. The molecule has 0 aliphatic carbocycles. The van der Waals surface area contributed by atoms with Crippen LogP contribution in [0.1, 0.15) is 5.56 Å². The van der Waals surface area contributed by atoms with E-state index in [4.69, 9.17) is 0 Å². The van der Waals surface area contributed by atoms with Gasteiger partial charge in [-0.2, -0.15) is 0 Å². The summed E-state index contributed by atoms with van der Waals surface area (Å²) in [5.74, 6) is 0.953. The number of aryl methyl sites for hydroxylation is 1. The zero-order valence-corrected chi connectivity index (χ0v) is 13.8. The third-order valence-electron chi connectivity index (χ3n) is 4.39. The molecule has 3 nitrogen and oxygen atoms in total. The Kier molecular flexibility index (Phi) is 2.73. The van der Waals surface area contributed by atoms with Crippen molar-refractivity contribution in [1.29, 1.82) is 0 Å². The molecule has 0 unspecified atom stereocenters. The van der Waals surface area contributed by atoms with Crippen molar-refractivity contribution in [3.8, 4) is 17.1 Å². The topological polar surface area (TPSA) is 48.9 Å². The van der Waals surface area contributed by atoms with Gasteiger partial charge in [0.2, 0.25) is 0 Å². The molecule has 2 heterocycles. The molecule has 0 spiro atoms. The van der Waals surface area contributed by atoms with Crippen LogP contribution in [0.25, 0.3) is 42.6 Å². The number of hydrogen-bond acceptors (Lipinski definition) is 3. The van der Waals surface area contributed by atoms with E-state index in [1.54, 1.807) is 11.3 Å². The van der Waals surface area contributed by atoms with Gasteiger partial charge in [0.1, 0.15) is 11.6 Å². The number of benzene rings is 3. The summed E-state index contributed by atoms with van der Waals surface area (Å²) in [5, 5.41) is 12.8. The molecule has 0 aliphatic rings. The molecule has 0 saturated carbocycles. The number of aromatic amines is 1. The summed E-state index contributed by atoms with van der Waals surface area (Å²) in [6.45, 7) is 2.06. The van der Waals surface area contributed by atoms with E-state index in [-0.39, 0.29) is 5.75 Å². The van der Waals surface area contributed by atoms with E-state index >= 15 is 0 Å². The number of imidazole rings is 1. The lowest BCUT2D eigenvalue weighted by molar-refractivity contribution is 0.478. The molecule has 2 N–H and O–H groups in total. The van der Waals surface area contributed by atoms with Crippen molar-refractivity contribution in [1.82, 2.24) is 9.97 Å². The fraction of sp³-hybridized carbons (Fsp3) is 0.0500. The smallest absolute Gasteiger partial charge is 0.142 e. The van der Waals surface area contributed by atoms with E-state index in [2.05, 4.69) is 35.1 Å². The number of phenolic OH excluding ortho intramolecular Hbond substituents is 1. The molecule has 5 aromatic rings. The number of nitrogens with zero attached hydrogens (tertiary/aromatic N) is 1. The summed E-state index contributed by atoms with van der Waals surface area (Å²) in [6.07, 6.45) is 0. The molecule has 0 saturated heterocycles. The first-order valence-electron chi connectivity index (χ1n) is 7.80. The maximum Gasteiger partial charge on any atom is 0.142 e. The number of aromatic hydroxyl groups is 1. The highest BCUT2D eigenvalue weighted by molar-refractivity contribution is 7.25. The van der Waals surface area contributed by atoms with Crippen LogP contribution in [0.5, 0.6) is 5.75 Å². The fourth-order valence-electron chi connectivity index (χ4n) is 3.20.